The normalized spacial score (nSPS) is 37.2. The average Bonchev–Trinajstić information content (AvgIpc) is 3.37. The molecule has 14 atom stereocenters. The van der Waals surface area contributed by atoms with Gasteiger partial charge in [0.15, 0.2) is 6.29 Å². The molecule has 53 heavy (non-hydrogen) atoms. The van der Waals surface area contributed by atoms with Gasteiger partial charge in [0.25, 0.3) is 0 Å². The van der Waals surface area contributed by atoms with E-state index in [0.29, 0.717) is 11.1 Å². The molecule has 3 heterocycles. The van der Waals surface area contributed by atoms with Gasteiger partial charge in [-0.15, -0.1) is 0 Å². The van der Waals surface area contributed by atoms with Crippen molar-refractivity contribution in [1.82, 2.24) is 0 Å². The van der Waals surface area contributed by atoms with Crippen LogP contribution in [0.5, 0.6) is 5.75 Å². The maximum absolute atomic E-state index is 13.6. The van der Waals surface area contributed by atoms with Crippen LogP contribution >= 0.6 is 0 Å². The van der Waals surface area contributed by atoms with E-state index in [1.54, 1.807) is 0 Å². The number of rotatable bonds is 14. The van der Waals surface area contributed by atoms with E-state index < -0.39 is 118 Å². The summed E-state index contributed by atoms with van der Waals surface area (Å²) in [4.78, 5) is 13.6. The maximum Gasteiger partial charge on any atom is 0.338 e. The Bertz CT molecular complexity index is 1400. The van der Waals surface area contributed by atoms with Gasteiger partial charge in [0, 0.05) is 0 Å². The molecule has 3 saturated heterocycles. The fourth-order valence-corrected chi connectivity index (χ4v) is 6.10. The summed E-state index contributed by atoms with van der Waals surface area (Å²) in [6.07, 6.45) is -17.7. The molecule has 18 nitrogen and oxygen atoms in total. The van der Waals surface area contributed by atoms with Crippen LogP contribution in [0.2, 0.25) is 0 Å². The summed E-state index contributed by atoms with van der Waals surface area (Å²) in [7, 11) is 0. The molecule has 0 aliphatic carbocycles. The second-order valence-corrected chi connectivity index (χ2v) is 13.9. The van der Waals surface area contributed by atoms with Crippen LogP contribution in [0.4, 0.5) is 0 Å². The zero-order chi connectivity index (χ0) is 39.4. The summed E-state index contributed by atoms with van der Waals surface area (Å²) in [5.74, 6) is -3.11. The summed E-state index contributed by atoms with van der Waals surface area (Å²) in [6, 6.07) is 2.92. The van der Waals surface area contributed by atoms with E-state index in [0.717, 1.165) is 11.1 Å². The molecule has 0 radical (unpaired) electrons. The number of hydrogen-bond acceptors (Lipinski definition) is 18. The summed E-state index contributed by atoms with van der Waals surface area (Å²) < 4.78 is 33.7. The first kappa shape index (κ1) is 43.1. The molecule has 0 aromatic heterocycles. The van der Waals surface area contributed by atoms with Gasteiger partial charge >= 0.3 is 5.97 Å². The van der Waals surface area contributed by atoms with Crippen LogP contribution < -0.4 is 4.74 Å². The molecule has 0 saturated carbocycles. The van der Waals surface area contributed by atoms with Crippen molar-refractivity contribution < 1.29 is 89.4 Å². The molecule has 1 aromatic rings. The molecule has 3 aliphatic heterocycles. The molecule has 0 unspecified atom stereocenters. The first-order valence-corrected chi connectivity index (χ1v) is 17.2. The lowest BCUT2D eigenvalue weighted by atomic mass is 9.97. The predicted octanol–water partition coefficient (Wildman–Crippen LogP) is -3.33. The Labute approximate surface area is 305 Å². The number of carbonyl (C=O) groups is 1. The first-order valence-electron chi connectivity index (χ1n) is 17.2. The average molecular weight is 761 g/mol. The van der Waals surface area contributed by atoms with Gasteiger partial charge in [-0.2, -0.15) is 0 Å². The van der Waals surface area contributed by atoms with Crippen molar-refractivity contribution >= 4 is 5.97 Å². The predicted molar refractivity (Wildman–Crippen MR) is 179 cm³/mol. The number of hydrogen-bond donors (Lipinski definition) is 11. The SMILES string of the molecule is CC(C)=CCc1cc(C(=O)OC[C@H]2O[C@H](O[C@]3(CO)O[C@H](CO)[C@@H](O)[C@@H]3O)[C@H](O)[C@@H](O)[C@@H]2O)cc(CC=C(C)C)c1O[C@@H]1O[C@H](CO)[C@@H](O)[C@H](O)[C@H]1O. The Morgan fingerprint density at radius 1 is 0.698 bits per heavy atom. The minimum atomic E-state index is -2.40. The van der Waals surface area contributed by atoms with Crippen LogP contribution in [0.15, 0.2) is 35.4 Å². The first-order chi connectivity index (χ1) is 25.0. The van der Waals surface area contributed by atoms with E-state index in [1.807, 2.05) is 39.8 Å². The zero-order valence-electron chi connectivity index (χ0n) is 29.8. The standard InChI is InChI=1S/C35H52O18/c1-15(2)5-7-17-9-19(10-18(8-6-16(3)4)30(17)51-33-28(44)26(42)23(39)20(11-36)49-33)32(47)48-13-22-24(40)27(43)29(45)34(50-22)53-35(14-38)31(46)25(41)21(12-37)52-35/h5-6,9-10,20-29,31,33-34,36-46H,7-8,11-14H2,1-4H3/t20-,21-,22-,23-,24-,25-,26+,27+,28-,29-,31+,33+,34-,35+/m1/s1. The summed E-state index contributed by atoms with van der Waals surface area (Å²) in [6.45, 7) is 4.22. The fourth-order valence-electron chi connectivity index (χ4n) is 6.10. The second kappa shape index (κ2) is 18.3. The third-order valence-electron chi connectivity index (χ3n) is 9.29. The van der Waals surface area contributed by atoms with Crippen LogP contribution in [-0.4, -0.2) is 174 Å². The molecule has 300 valence electrons. The van der Waals surface area contributed by atoms with Crippen molar-refractivity contribution in [1.29, 1.82) is 0 Å². The lowest BCUT2D eigenvalue weighted by Gasteiger charge is -2.43. The number of allylic oxidation sites excluding steroid dienone is 4. The van der Waals surface area contributed by atoms with Crippen molar-refractivity contribution in [2.24, 2.45) is 0 Å². The minimum Gasteiger partial charge on any atom is -0.461 e. The van der Waals surface area contributed by atoms with E-state index in [2.05, 4.69) is 0 Å². The molecule has 18 heteroatoms. The second-order valence-electron chi connectivity index (χ2n) is 13.9. The Morgan fingerprint density at radius 3 is 1.70 bits per heavy atom. The van der Waals surface area contributed by atoms with Crippen LogP contribution in [-0.2, 0) is 36.5 Å². The quantitative estimate of drug-likeness (QED) is 0.0653. The molecule has 0 spiro atoms. The van der Waals surface area contributed by atoms with Gasteiger partial charge in [-0.1, -0.05) is 23.3 Å². The molecule has 4 rings (SSSR count). The molecule has 11 N–H and O–H groups in total. The van der Waals surface area contributed by atoms with Crippen molar-refractivity contribution in [3.05, 3.63) is 52.1 Å². The molecule has 3 fully saturated rings. The van der Waals surface area contributed by atoms with Gasteiger partial charge in [0.2, 0.25) is 12.1 Å². The van der Waals surface area contributed by atoms with Gasteiger partial charge in [0.1, 0.15) is 86.1 Å². The number of benzene rings is 1. The topological polar surface area (TPSA) is 295 Å². The summed E-state index contributed by atoms with van der Waals surface area (Å²) >= 11 is 0. The molecule has 3 aliphatic rings. The van der Waals surface area contributed by atoms with E-state index in [-0.39, 0.29) is 24.2 Å². The smallest absolute Gasteiger partial charge is 0.338 e. The third-order valence-corrected chi connectivity index (χ3v) is 9.29. The van der Waals surface area contributed by atoms with E-state index in [1.165, 1.54) is 12.1 Å². The number of aliphatic hydroxyl groups excluding tert-OH is 11. The highest BCUT2D eigenvalue weighted by Gasteiger charge is 2.58. The van der Waals surface area contributed by atoms with Crippen LogP contribution in [0, 0.1) is 0 Å². The third kappa shape index (κ3) is 9.61. The molecule has 0 bridgehead atoms. The largest absolute Gasteiger partial charge is 0.461 e. The van der Waals surface area contributed by atoms with Gasteiger partial charge < -0.3 is 84.6 Å². The van der Waals surface area contributed by atoms with Crippen LogP contribution in [0.1, 0.15) is 49.2 Å². The Balaban J connectivity index is 1.60. The van der Waals surface area contributed by atoms with E-state index >= 15 is 0 Å². The van der Waals surface area contributed by atoms with Crippen molar-refractivity contribution in [3.8, 4) is 5.75 Å². The lowest BCUT2D eigenvalue weighted by molar-refractivity contribution is -0.383. The van der Waals surface area contributed by atoms with Crippen molar-refractivity contribution in [2.75, 3.05) is 26.4 Å². The number of aliphatic hydroxyl groups is 11. The maximum atomic E-state index is 13.6. The molecule has 0 amide bonds. The Morgan fingerprint density at radius 2 is 1.21 bits per heavy atom. The van der Waals surface area contributed by atoms with Gasteiger partial charge in [-0.3, -0.25) is 0 Å². The minimum absolute atomic E-state index is 0.0184. The fraction of sp³-hybridized carbons (Fsp3) is 0.686. The highest BCUT2D eigenvalue weighted by atomic mass is 16.8. The van der Waals surface area contributed by atoms with Crippen LogP contribution in [0.3, 0.4) is 0 Å². The molecule has 1 aromatic carbocycles. The highest BCUT2D eigenvalue weighted by Crippen LogP contribution is 2.37. The molecular weight excluding hydrogens is 708 g/mol. The number of esters is 1. The lowest BCUT2D eigenvalue weighted by Crippen LogP contribution is -2.62. The van der Waals surface area contributed by atoms with E-state index in [9.17, 15) is 61.0 Å². The number of ether oxygens (including phenoxy) is 6. The van der Waals surface area contributed by atoms with Gasteiger partial charge in [-0.25, -0.2) is 4.79 Å². The highest BCUT2D eigenvalue weighted by molar-refractivity contribution is 5.90. The Kier molecular flexibility index (Phi) is 14.9. The summed E-state index contributed by atoms with van der Waals surface area (Å²) in [5.41, 5.74) is 2.73. The molecular formula is C35H52O18. The van der Waals surface area contributed by atoms with Gasteiger partial charge in [-0.05, 0) is 63.8 Å². The van der Waals surface area contributed by atoms with Crippen LogP contribution in [0.25, 0.3) is 0 Å². The zero-order valence-corrected chi connectivity index (χ0v) is 29.8. The van der Waals surface area contributed by atoms with Gasteiger partial charge in [0.05, 0.1) is 18.8 Å². The Hall–Kier alpha value is -2.63. The van der Waals surface area contributed by atoms with Crippen molar-refractivity contribution in [2.45, 2.75) is 126 Å². The summed E-state index contributed by atoms with van der Waals surface area (Å²) in [5, 5.41) is 113. The van der Waals surface area contributed by atoms with Crippen molar-refractivity contribution in [3.63, 3.8) is 0 Å². The van der Waals surface area contributed by atoms with E-state index in [4.69, 9.17) is 28.4 Å². The number of carbonyl (C=O) groups excluding carboxylic acids is 1. The monoisotopic (exact) mass is 760 g/mol.